The lowest BCUT2D eigenvalue weighted by Gasteiger charge is -2.42. The summed E-state index contributed by atoms with van der Waals surface area (Å²) in [5.74, 6) is -0.0623. The van der Waals surface area contributed by atoms with E-state index in [1.165, 1.54) is 5.56 Å². The lowest BCUT2D eigenvalue weighted by atomic mass is 9.90. The van der Waals surface area contributed by atoms with Crippen molar-refractivity contribution < 1.29 is 19.4 Å². The third kappa shape index (κ3) is 5.30. The molecule has 27 heavy (non-hydrogen) atoms. The van der Waals surface area contributed by atoms with E-state index in [1.807, 2.05) is 11.0 Å². The van der Waals surface area contributed by atoms with Gasteiger partial charge in [0.25, 0.3) is 0 Å². The molecule has 0 aliphatic carbocycles. The molecule has 2 aliphatic heterocycles. The number of aliphatic hydroxyl groups excluding tert-OH is 1. The van der Waals surface area contributed by atoms with E-state index in [9.17, 15) is 9.59 Å². The number of unbranched alkanes of at least 4 members (excludes halogenated alkanes) is 1. The second kappa shape index (κ2) is 9.33. The molecule has 0 bridgehead atoms. The molecular weight excluding hydrogens is 344 g/mol. The van der Waals surface area contributed by atoms with E-state index in [1.54, 1.807) is 4.90 Å². The maximum Gasteiger partial charge on any atom is 0.248 e. The first-order valence-corrected chi connectivity index (χ1v) is 9.96. The van der Waals surface area contributed by atoms with Crippen molar-refractivity contribution in [1.82, 2.24) is 9.80 Å². The van der Waals surface area contributed by atoms with Gasteiger partial charge in [0.1, 0.15) is 6.61 Å². The number of hydrogen-bond acceptors (Lipinski definition) is 4. The first kappa shape index (κ1) is 19.8. The van der Waals surface area contributed by atoms with Crippen LogP contribution in [-0.2, 0) is 20.7 Å². The molecule has 0 unspecified atom stereocenters. The summed E-state index contributed by atoms with van der Waals surface area (Å²) < 4.78 is 6.11. The van der Waals surface area contributed by atoms with E-state index < -0.39 is 6.61 Å². The highest BCUT2D eigenvalue weighted by Crippen LogP contribution is 2.30. The zero-order valence-corrected chi connectivity index (χ0v) is 15.9. The first-order valence-electron chi connectivity index (χ1n) is 9.96. The minimum absolute atomic E-state index is 0.167. The topological polar surface area (TPSA) is 70.1 Å². The van der Waals surface area contributed by atoms with Gasteiger partial charge in [0.05, 0.1) is 18.6 Å². The number of rotatable bonds is 6. The molecule has 2 aliphatic rings. The summed E-state index contributed by atoms with van der Waals surface area (Å²) in [5.41, 5.74) is 0.984. The second-order valence-electron chi connectivity index (χ2n) is 7.58. The van der Waals surface area contributed by atoms with Crippen molar-refractivity contribution in [2.75, 3.05) is 39.4 Å². The molecule has 3 rings (SSSR count). The molecule has 1 N–H and O–H groups in total. The van der Waals surface area contributed by atoms with Crippen molar-refractivity contribution in [2.24, 2.45) is 0 Å². The van der Waals surface area contributed by atoms with Crippen molar-refractivity contribution in [2.45, 2.75) is 44.1 Å². The van der Waals surface area contributed by atoms with Crippen molar-refractivity contribution in [1.29, 1.82) is 0 Å². The molecule has 1 aromatic rings. The summed E-state index contributed by atoms with van der Waals surface area (Å²) in [6.07, 6.45) is 4.92. The van der Waals surface area contributed by atoms with Gasteiger partial charge in [0.15, 0.2) is 0 Å². The molecular formula is C21H30N2O4. The molecule has 1 aromatic carbocycles. The van der Waals surface area contributed by atoms with Crippen LogP contribution in [0, 0.1) is 0 Å². The highest BCUT2D eigenvalue weighted by Gasteiger charge is 2.40. The monoisotopic (exact) mass is 374 g/mol. The van der Waals surface area contributed by atoms with Crippen LogP contribution in [0.1, 0.15) is 37.7 Å². The van der Waals surface area contributed by atoms with Crippen LogP contribution >= 0.6 is 0 Å². The van der Waals surface area contributed by atoms with Crippen LogP contribution in [0.2, 0.25) is 0 Å². The summed E-state index contributed by atoms with van der Waals surface area (Å²) in [7, 11) is 0. The number of piperidine rings is 1. The molecule has 1 spiro atoms. The SMILES string of the molecule is O=C(CO)N1CCC2(CC1)CN(CCCCc1ccccc1)C(=O)CCO2. The van der Waals surface area contributed by atoms with Crippen molar-refractivity contribution in [3.05, 3.63) is 35.9 Å². The van der Waals surface area contributed by atoms with Crippen LogP contribution in [-0.4, -0.2) is 71.7 Å². The molecule has 2 heterocycles. The van der Waals surface area contributed by atoms with Gasteiger partial charge in [-0.05, 0) is 37.7 Å². The molecule has 0 aromatic heterocycles. The summed E-state index contributed by atoms with van der Waals surface area (Å²) >= 11 is 0. The van der Waals surface area contributed by atoms with E-state index in [0.717, 1.165) is 25.8 Å². The highest BCUT2D eigenvalue weighted by molar-refractivity contribution is 5.77. The van der Waals surface area contributed by atoms with Gasteiger partial charge >= 0.3 is 0 Å². The fourth-order valence-electron chi connectivity index (χ4n) is 4.04. The van der Waals surface area contributed by atoms with Gasteiger partial charge in [-0.25, -0.2) is 0 Å². The number of likely N-dealkylation sites (tertiary alicyclic amines) is 1. The largest absolute Gasteiger partial charge is 0.387 e. The molecule has 2 amide bonds. The van der Waals surface area contributed by atoms with E-state index in [4.69, 9.17) is 9.84 Å². The standard InChI is InChI=1S/C21H30N2O4/c24-16-20(26)22-13-10-21(11-14-22)17-23(19(25)9-15-27-21)12-5-4-8-18-6-2-1-3-7-18/h1-3,6-7,24H,4-5,8-17H2. The zero-order valence-electron chi connectivity index (χ0n) is 15.9. The maximum atomic E-state index is 12.5. The van der Waals surface area contributed by atoms with Gasteiger partial charge < -0.3 is 19.6 Å². The number of ether oxygens (including phenoxy) is 1. The van der Waals surface area contributed by atoms with Gasteiger partial charge in [-0.2, -0.15) is 0 Å². The number of hydrogen-bond donors (Lipinski definition) is 1. The van der Waals surface area contributed by atoms with Gasteiger partial charge in [-0.15, -0.1) is 0 Å². The number of aryl methyl sites for hydroxylation is 1. The molecule has 2 fully saturated rings. The molecule has 0 radical (unpaired) electrons. The third-order valence-corrected chi connectivity index (χ3v) is 5.70. The van der Waals surface area contributed by atoms with Gasteiger partial charge in [-0.3, -0.25) is 9.59 Å². The Balaban J connectivity index is 1.50. The van der Waals surface area contributed by atoms with Crippen molar-refractivity contribution in [3.63, 3.8) is 0 Å². The Kier molecular flexibility index (Phi) is 6.85. The average Bonchev–Trinajstić information content (AvgIpc) is 2.85. The van der Waals surface area contributed by atoms with Gasteiger partial charge in [-0.1, -0.05) is 30.3 Å². The minimum Gasteiger partial charge on any atom is -0.387 e. The Morgan fingerprint density at radius 1 is 1.15 bits per heavy atom. The minimum atomic E-state index is -0.445. The molecule has 0 saturated carbocycles. The zero-order chi connectivity index (χ0) is 19.1. The normalized spacial score (nSPS) is 20.0. The Labute approximate surface area is 161 Å². The van der Waals surface area contributed by atoms with Crippen LogP contribution in [0.4, 0.5) is 0 Å². The predicted molar refractivity (Wildman–Crippen MR) is 102 cm³/mol. The quantitative estimate of drug-likeness (QED) is 0.768. The van der Waals surface area contributed by atoms with E-state index in [0.29, 0.717) is 45.5 Å². The number of benzene rings is 1. The van der Waals surface area contributed by atoms with E-state index in [2.05, 4.69) is 24.3 Å². The summed E-state index contributed by atoms with van der Waals surface area (Å²) in [6.45, 7) is 2.53. The lowest BCUT2D eigenvalue weighted by Crippen LogP contribution is -2.53. The van der Waals surface area contributed by atoms with Crippen molar-refractivity contribution >= 4 is 11.8 Å². The third-order valence-electron chi connectivity index (χ3n) is 5.70. The summed E-state index contributed by atoms with van der Waals surface area (Å²) in [5, 5.41) is 9.04. The fourth-order valence-corrected chi connectivity index (χ4v) is 4.04. The number of carbonyl (C=O) groups excluding carboxylic acids is 2. The highest BCUT2D eigenvalue weighted by atomic mass is 16.5. The van der Waals surface area contributed by atoms with Gasteiger partial charge in [0.2, 0.25) is 11.8 Å². The molecule has 148 valence electrons. The molecule has 0 atom stereocenters. The Bertz CT molecular complexity index is 626. The van der Waals surface area contributed by atoms with Crippen LogP contribution < -0.4 is 0 Å². The predicted octanol–water partition coefficient (Wildman–Crippen LogP) is 1.61. The molecule has 2 saturated heterocycles. The Morgan fingerprint density at radius 2 is 1.89 bits per heavy atom. The number of nitrogens with zero attached hydrogens (tertiary/aromatic N) is 2. The molecule has 6 heteroatoms. The van der Waals surface area contributed by atoms with Crippen LogP contribution in [0.15, 0.2) is 30.3 Å². The lowest BCUT2D eigenvalue weighted by molar-refractivity contribution is -0.142. The fraction of sp³-hybridized carbons (Fsp3) is 0.619. The number of aliphatic hydroxyl groups is 1. The average molecular weight is 374 g/mol. The Morgan fingerprint density at radius 3 is 2.59 bits per heavy atom. The number of carbonyl (C=O) groups is 2. The van der Waals surface area contributed by atoms with Crippen LogP contribution in [0.5, 0.6) is 0 Å². The first-order chi connectivity index (χ1) is 13.1. The van der Waals surface area contributed by atoms with E-state index in [-0.39, 0.29) is 17.4 Å². The van der Waals surface area contributed by atoms with Crippen LogP contribution in [0.25, 0.3) is 0 Å². The number of amides is 2. The summed E-state index contributed by atoms with van der Waals surface area (Å²) in [6, 6.07) is 10.4. The second-order valence-corrected chi connectivity index (χ2v) is 7.58. The van der Waals surface area contributed by atoms with Gasteiger partial charge in [0, 0.05) is 26.2 Å². The van der Waals surface area contributed by atoms with E-state index >= 15 is 0 Å². The smallest absolute Gasteiger partial charge is 0.248 e. The van der Waals surface area contributed by atoms with Crippen molar-refractivity contribution in [3.8, 4) is 0 Å². The molecule has 6 nitrogen and oxygen atoms in total. The maximum absolute atomic E-state index is 12.5. The Hall–Kier alpha value is -1.92. The van der Waals surface area contributed by atoms with Crippen LogP contribution in [0.3, 0.4) is 0 Å². The summed E-state index contributed by atoms with van der Waals surface area (Å²) in [4.78, 5) is 27.8.